The van der Waals surface area contributed by atoms with E-state index in [0.717, 1.165) is 30.4 Å². The van der Waals surface area contributed by atoms with Crippen LogP contribution in [0.2, 0.25) is 0 Å². The van der Waals surface area contributed by atoms with Crippen LogP contribution in [-0.2, 0) is 6.54 Å². The van der Waals surface area contributed by atoms with Gasteiger partial charge in [0.15, 0.2) is 0 Å². The molecule has 1 atom stereocenters. The number of aromatic nitrogens is 1. The molecule has 1 saturated heterocycles. The number of hydrogen-bond acceptors (Lipinski definition) is 2. The van der Waals surface area contributed by atoms with E-state index in [1.807, 2.05) is 0 Å². The summed E-state index contributed by atoms with van der Waals surface area (Å²) in [5, 5.41) is 5.97. The molecule has 1 aromatic rings. The molecule has 0 aliphatic carbocycles. The van der Waals surface area contributed by atoms with Gasteiger partial charge in [0.25, 0.3) is 5.91 Å². The molecule has 1 amide bonds. The molecule has 1 aromatic heterocycles. The summed E-state index contributed by atoms with van der Waals surface area (Å²) in [5.74, 6) is -0.461. The molecule has 0 saturated carbocycles. The van der Waals surface area contributed by atoms with E-state index in [4.69, 9.17) is 0 Å². The van der Waals surface area contributed by atoms with E-state index in [1.165, 1.54) is 18.3 Å². The Morgan fingerprint density at radius 3 is 2.95 bits per heavy atom. The number of carbonyl (C=O) groups excluding carboxylic acids is 1. The van der Waals surface area contributed by atoms with Crippen LogP contribution in [0.3, 0.4) is 0 Å². The van der Waals surface area contributed by atoms with Crippen LogP contribution in [0.1, 0.15) is 29.8 Å². The number of hydrogen-bond donors (Lipinski definition) is 2. The number of amides is 1. The Kier molecular flexibility index (Phi) is 4.69. The van der Waals surface area contributed by atoms with Crippen LogP contribution in [0.15, 0.2) is 18.3 Å². The zero-order valence-corrected chi connectivity index (χ0v) is 11.0. The lowest BCUT2D eigenvalue weighted by molar-refractivity contribution is -0.140. The summed E-state index contributed by atoms with van der Waals surface area (Å²) in [4.78, 5) is 11.9. The van der Waals surface area contributed by atoms with Crippen molar-refractivity contribution in [1.29, 1.82) is 0 Å². The first-order chi connectivity index (χ1) is 9.46. The molecule has 112 valence electrons. The van der Waals surface area contributed by atoms with Gasteiger partial charge in [-0.05, 0) is 37.9 Å². The highest BCUT2D eigenvalue weighted by Crippen LogP contribution is 2.19. The van der Waals surface area contributed by atoms with Gasteiger partial charge in [0.05, 0.1) is 0 Å². The van der Waals surface area contributed by atoms with Crippen molar-refractivity contribution in [2.45, 2.75) is 38.0 Å². The molecule has 0 spiro atoms. The summed E-state index contributed by atoms with van der Waals surface area (Å²) in [6, 6.07) is 3.24. The molecule has 1 fully saturated rings. The monoisotopic (exact) mass is 289 g/mol. The summed E-state index contributed by atoms with van der Waals surface area (Å²) in [6.07, 6.45) is -0.0537. The highest BCUT2D eigenvalue weighted by molar-refractivity contribution is 5.92. The van der Waals surface area contributed by atoms with Crippen LogP contribution in [0.5, 0.6) is 0 Å². The van der Waals surface area contributed by atoms with Crippen molar-refractivity contribution in [3.63, 3.8) is 0 Å². The maximum Gasteiger partial charge on any atom is 0.406 e. The largest absolute Gasteiger partial charge is 0.406 e. The van der Waals surface area contributed by atoms with Crippen molar-refractivity contribution in [3.05, 3.63) is 24.0 Å². The Hall–Kier alpha value is -1.50. The summed E-state index contributed by atoms with van der Waals surface area (Å²) in [7, 11) is 0. The normalized spacial score (nSPS) is 19.2. The molecule has 1 aliphatic heterocycles. The number of alkyl halides is 3. The Bertz CT molecular complexity index is 450. The molecule has 1 unspecified atom stereocenters. The smallest absolute Gasteiger partial charge is 0.351 e. The third-order valence-electron chi connectivity index (χ3n) is 3.35. The van der Waals surface area contributed by atoms with Gasteiger partial charge in [-0.2, -0.15) is 13.2 Å². The van der Waals surface area contributed by atoms with Gasteiger partial charge >= 0.3 is 6.18 Å². The molecule has 7 heteroatoms. The van der Waals surface area contributed by atoms with E-state index in [1.54, 1.807) is 0 Å². The first kappa shape index (κ1) is 14.9. The molecule has 0 aromatic carbocycles. The van der Waals surface area contributed by atoms with E-state index >= 15 is 0 Å². The molecule has 0 radical (unpaired) electrons. The number of carbonyl (C=O) groups is 1. The van der Waals surface area contributed by atoms with Crippen molar-refractivity contribution < 1.29 is 18.0 Å². The second kappa shape index (κ2) is 6.30. The highest BCUT2D eigenvalue weighted by Gasteiger charge is 2.29. The average Bonchev–Trinajstić information content (AvgIpc) is 2.98. The van der Waals surface area contributed by atoms with Gasteiger partial charge in [0.1, 0.15) is 12.2 Å². The first-order valence-electron chi connectivity index (χ1n) is 6.69. The average molecular weight is 289 g/mol. The first-order valence-corrected chi connectivity index (χ1v) is 6.69. The third-order valence-corrected chi connectivity index (χ3v) is 3.35. The molecular formula is C13H18F3N3O. The van der Waals surface area contributed by atoms with Gasteiger partial charge in [-0.3, -0.25) is 4.79 Å². The van der Waals surface area contributed by atoms with Crippen LogP contribution < -0.4 is 10.6 Å². The SMILES string of the molecule is O=C(NCCC1CCCN1)c1cccn1CC(F)(F)F. The minimum atomic E-state index is -4.33. The zero-order chi connectivity index (χ0) is 14.6. The van der Waals surface area contributed by atoms with Crippen LogP contribution in [-0.4, -0.2) is 35.8 Å². The van der Waals surface area contributed by atoms with Gasteiger partial charge in [-0.15, -0.1) is 0 Å². The molecule has 2 rings (SSSR count). The Labute approximate surface area is 115 Å². The Morgan fingerprint density at radius 2 is 2.30 bits per heavy atom. The fraction of sp³-hybridized carbons (Fsp3) is 0.615. The predicted octanol–water partition coefficient (Wildman–Crippen LogP) is 1.92. The molecular weight excluding hydrogens is 271 g/mol. The number of halogens is 3. The summed E-state index contributed by atoms with van der Waals surface area (Å²) < 4.78 is 38.0. The van der Waals surface area contributed by atoms with Crippen molar-refractivity contribution in [3.8, 4) is 0 Å². The predicted molar refractivity (Wildman–Crippen MR) is 68.5 cm³/mol. The maximum atomic E-state index is 12.4. The number of nitrogens with zero attached hydrogens (tertiary/aromatic N) is 1. The molecule has 2 N–H and O–H groups in total. The summed E-state index contributed by atoms with van der Waals surface area (Å²) in [5.41, 5.74) is 0.0432. The standard InChI is InChI=1S/C13H18F3N3O/c14-13(15,16)9-19-8-2-4-11(19)12(20)18-7-5-10-3-1-6-17-10/h2,4,8,10,17H,1,3,5-7,9H2,(H,18,20). The minimum Gasteiger partial charge on any atom is -0.351 e. The molecule has 20 heavy (non-hydrogen) atoms. The van der Waals surface area contributed by atoms with Crippen LogP contribution in [0.4, 0.5) is 13.2 Å². The minimum absolute atomic E-state index is 0.0432. The second-order valence-electron chi connectivity index (χ2n) is 4.97. The number of nitrogens with one attached hydrogen (secondary N) is 2. The van der Waals surface area contributed by atoms with Crippen LogP contribution in [0.25, 0.3) is 0 Å². The fourth-order valence-electron chi connectivity index (χ4n) is 2.40. The zero-order valence-electron chi connectivity index (χ0n) is 11.0. The van der Waals surface area contributed by atoms with Crippen molar-refractivity contribution in [2.75, 3.05) is 13.1 Å². The summed E-state index contributed by atoms with van der Waals surface area (Å²) >= 11 is 0. The lowest BCUT2D eigenvalue weighted by Crippen LogP contribution is -2.32. The highest BCUT2D eigenvalue weighted by atomic mass is 19.4. The van der Waals surface area contributed by atoms with Crippen LogP contribution in [0, 0.1) is 0 Å². The number of rotatable bonds is 5. The van der Waals surface area contributed by atoms with E-state index in [2.05, 4.69) is 10.6 Å². The second-order valence-corrected chi connectivity index (χ2v) is 4.97. The van der Waals surface area contributed by atoms with E-state index in [-0.39, 0.29) is 5.69 Å². The van der Waals surface area contributed by atoms with Gasteiger partial charge in [-0.1, -0.05) is 0 Å². The van der Waals surface area contributed by atoms with Gasteiger partial charge < -0.3 is 15.2 Å². The summed E-state index contributed by atoms with van der Waals surface area (Å²) in [6.45, 7) is 0.313. The molecule has 1 aliphatic rings. The third kappa shape index (κ3) is 4.26. The Balaban J connectivity index is 1.84. The van der Waals surface area contributed by atoms with Crippen molar-refractivity contribution >= 4 is 5.91 Å². The van der Waals surface area contributed by atoms with E-state index in [9.17, 15) is 18.0 Å². The Morgan fingerprint density at radius 1 is 1.50 bits per heavy atom. The molecule has 4 nitrogen and oxygen atoms in total. The molecule has 0 bridgehead atoms. The fourth-order valence-corrected chi connectivity index (χ4v) is 2.40. The van der Waals surface area contributed by atoms with Crippen molar-refractivity contribution in [2.24, 2.45) is 0 Å². The lowest BCUT2D eigenvalue weighted by atomic mass is 10.1. The lowest BCUT2D eigenvalue weighted by Gasteiger charge is -2.13. The quantitative estimate of drug-likeness (QED) is 0.870. The van der Waals surface area contributed by atoms with Gasteiger partial charge in [0.2, 0.25) is 0 Å². The van der Waals surface area contributed by atoms with E-state index in [0.29, 0.717) is 12.6 Å². The van der Waals surface area contributed by atoms with Gasteiger partial charge in [-0.25, -0.2) is 0 Å². The molecule has 2 heterocycles. The van der Waals surface area contributed by atoms with Crippen LogP contribution >= 0.6 is 0 Å². The maximum absolute atomic E-state index is 12.4. The van der Waals surface area contributed by atoms with Crippen molar-refractivity contribution in [1.82, 2.24) is 15.2 Å². The van der Waals surface area contributed by atoms with Gasteiger partial charge in [0, 0.05) is 18.8 Å². The van der Waals surface area contributed by atoms with E-state index < -0.39 is 18.6 Å². The topological polar surface area (TPSA) is 46.1 Å².